The summed E-state index contributed by atoms with van der Waals surface area (Å²) in [5.41, 5.74) is 1.45. The maximum absolute atomic E-state index is 12.0. The molecule has 1 heterocycles. The molecule has 17 heavy (non-hydrogen) atoms. The molecular weight excluding hydrogens is 236 g/mol. The van der Waals surface area contributed by atoms with Gasteiger partial charge in [-0.1, -0.05) is 18.2 Å². The van der Waals surface area contributed by atoms with Gasteiger partial charge in [-0.05, 0) is 19.1 Å². The van der Waals surface area contributed by atoms with Crippen molar-refractivity contribution in [2.45, 2.75) is 12.3 Å². The number of nitrogens with one attached hydrogen (secondary N) is 1. The molecule has 1 amide bonds. The Bertz CT molecular complexity index is 534. The third-order valence-corrected chi connectivity index (χ3v) is 2.59. The summed E-state index contributed by atoms with van der Waals surface area (Å²) in [5, 5.41) is 3.57. The fourth-order valence-electron chi connectivity index (χ4n) is 1.62. The molecule has 0 bridgehead atoms. The van der Waals surface area contributed by atoms with Crippen molar-refractivity contribution in [2.75, 3.05) is 6.54 Å². The number of aromatic nitrogens is 1. The molecule has 0 spiro atoms. The molecule has 1 atom stereocenters. The second-order valence-electron chi connectivity index (χ2n) is 3.87. The highest BCUT2D eigenvalue weighted by molar-refractivity contribution is 6.20. The van der Waals surface area contributed by atoms with Crippen LogP contribution in [0.4, 0.5) is 0 Å². The zero-order chi connectivity index (χ0) is 12.3. The van der Waals surface area contributed by atoms with Gasteiger partial charge in [0.2, 0.25) is 0 Å². The lowest BCUT2D eigenvalue weighted by Gasteiger charge is -2.08. The first-order valence-electron chi connectivity index (χ1n) is 5.44. The highest BCUT2D eigenvalue weighted by Crippen LogP contribution is 2.15. The Morgan fingerprint density at radius 2 is 2.18 bits per heavy atom. The molecule has 0 aliphatic carbocycles. The van der Waals surface area contributed by atoms with Gasteiger partial charge in [0.1, 0.15) is 0 Å². The van der Waals surface area contributed by atoms with Crippen molar-refractivity contribution in [3.63, 3.8) is 0 Å². The van der Waals surface area contributed by atoms with Gasteiger partial charge >= 0.3 is 0 Å². The second-order valence-corrected chi connectivity index (χ2v) is 4.61. The van der Waals surface area contributed by atoms with Crippen molar-refractivity contribution in [1.29, 1.82) is 0 Å². The van der Waals surface area contributed by atoms with Gasteiger partial charge in [-0.15, -0.1) is 11.6 Å². The Morgan fingerprint density at radius 3 is 2.94 bits per heavy atom. The van der Waals surface area contributed by atoms with Crippen LogP contribution in [0.2, 0.25) is 0 Å². The number of pyridine rings is 1. The average molecular weight is 249 g/mol. The lowest BCUT2D eigenvalue weighted by atomic mass is 10.1. The zero-order valence-electron chi connectivity index (χ0n) is 9.48. The number of nitrogens with zero attached hydrogens (tertiary/aromatic N) is 1. The van der Waals surface area contributed by atoms with E-state index in [4.69, 9.17) is 11.6 Å². The third kappa shape index (κ3) is 2.74. The van der Waals surface area contributed by atoms with E-state index in [-0.39, 0.29) is 11.3 Å². The molecule has 1 aromatic carbocycles. The molecule has 1 aromatic heterocycles. The van der Waals surface area contributed by atoms with Crippen LogP contribution in [-0.4, -0.2) is 22.8 Å². The van der Waals surface area contributed by atoms with Gasteiger partial charge in [-0.3, -0.25) is 9.78 Å². The van der Waals surface area contributed by atoms with Crippen LogP contribution in [-0.2, 0) is 0 Å². The number of carbonyl (C=O) groups excluding carboxylic acids is 1. The molecule has 2 rings (SSSR count). The minimum absolute atomic E-state index is 0.0768. The maximum Gasteiger partial charge on any atom is 0.252 e. The second kappa shape index (κ2) is 5.15. The fraction of sp³-hybridized carbons (Fsp3) is 0.231. The minimum Gasteiger partial charge on any atom is -0.351 e. The first kappa shape index (κ1) is 11.9. The number of rotatable bonds is 3. The molecule has 88 valence electrons. The molecule has 4 heteroatoms. The van der Waals surface area contributed by atoms with Crippen LogP contribution < -0.4 is 5.32 Å². The van der Waals surface area contributed by atoms with E-state index in [9.17, 15) is 4.79 Å². The lowest BCUT2D eigenvalue weighted by Crippen LogP contribution is -2.28. The number of carbonyl (C=O) groups is 1. The first-order valence-corrected chi connectivity index (χ1v) is 5.88. The molecule has 3 nitrogen and oxygen atoms in total. The third-order valence-electron chi connectivity index (χ3n) is 2.44. The molecule has 0 aliphatic rings. The Morgan fingerprint density at radius 1 is 1.41 bits per heavy atom. The molecule has 0 fully saturated rings. The number of hydrogen-bond acceptors (Lipinski definition) is 2. The molecule has 0 saturated carbocycles. The molecule has 0 radical (unpaired) electrons. The van der Waals surface area contributed by atoms with Crippen LogP contribution in [0.25, 0.3) is 10.9 Å². The quantitative estimate of drug-likeness (QED) is 0.849. The summed E-state index contributed by atoms with van der Waals surface area (Å²) in [6.07, 6.45) is 1.64. The van der Waals surface area contributed by atoms with E-state index in [0.29, 0.717) is 12.1 Å². The van der Waals surface area contributed by atoms with Gasteiger partial charge in [-0.2, -0.15) is 0 Å². The van der Waals surface area contributed by atoms with Crippen LogP contribution in [0.1, 0.15) is 17.3 Å². The van der Waals surface area contributed by atoms with Crippen molar-refractivity contribution >= 4 is 28.4 Å². The van der Waals surface area contributed by atoms with E-state index in [1.165, 1.54) is 0 Å². The van der Waals surface area contributed by atoms with Crippen LogP contribution in [0.15, 0.2) is 36.5 Å². The first-order chi connectivity index (χ1) is 8.18. The predicted octanol–water partition coefficient (Wildman–Crippen LogP) is 2.59. The van der Waals surface area contributed by atoms with E-state index >= 15 is 0 Å². The lowest BCUT2D eigenvalue weighted by molar-refractivity contribution is 0.0955. The summed E-state index contributed by atoms with van der Waals surface area (Å²) in [4.78, 5) is 16.2. The summed E-state index contributed by atoms with van der Waals surface area (Å²) < 4.78 is 0. The predicted molar refractivity (Wildman–Crippen MR) is 69.4 cm³/mol. The van der Waals surface area contributed by atoms with E-state index in [0.717, 1.165) is 10.9 Å². The van der Waals surface area contributed by atoms with E-state index in [1.54, 1.807) is 12.3 Å². The number of hydrogen-bond donors (Lipinski definition) is 1. The van der Waals surface area contributed by atoms with Crippen LogP contribution in [0, 0.1) is 0 Å². The summed E-state index contributed by atoms with van der Waals surface area (Å²) >= 11 is 5.80. The number of halogens is 1. The molecule has 1 N–H and O–H groups in total. The smallest absolute Gasteiger partial charge is 0.252 e. The summed E-state index contributed by atoms with van der Waals surface area (Å²) in [7, 11) is 0. The summed E-state index contributed by atoms with van der Waals surface area (Å²) in [6.45, 7) is 2.30. The highest BCUT2D eigenvalue weighted by Gasteiger charge is 2.10. The van der Waals surface area contributed by atoms with Gasteiger partial charge in [0.05, 0.1) is 11.1 Å². The van der Waals surface area contributed by atoms with Gasteiger partial charge < -0.3 is 5.32 Å². The van der Waals surface area contributed by atoms with Crippen molar-refractivity contribution in [3.8, 4) is 0 Å². The van der Waals surface area contributed by atoms with Crippen molar-refractivity contribution in [1.82, 2.24) is 10.3 Å². The number of benzene rings is 1. The Labute approximate surface area is 105 Å². The van der Waals surface area contributed by atoms with Crippen LogP contribution in [0.5, 0.6) is 0 Å². The zero-order valence-corrected chi connectivity index (χ0v) is 10.2. The van der Waals surface area contributed by atoms with E-state index < -0.39 is 0 Å². The Hall–Kier alpha value is -1.61. The molecule has 1 unspecified atom stereocenters. The summed E-state index contributed by atoms with van der Waals surface area (Å²) in [6, 6.07) is 9.29. The van der Waals surface area contributed by atoms with Crippen LogP contribution >= 0.6 is 11.6 Å². The molecule has 2 aromatic rings. The maximum atomic E-state index is 12.0. The molecule has 0 saturated heterocycles. The summed E-state index contributed by atoms with van der Waals surface area (Å²) in [5.74, 6) is -0.115. The Balaban J connectivity index is 2.32. The molecule has 0 aliphatic heterocycles. The standard InChI is InChI=1S/C13H13ClN2O/c1-9(14)8-16-13(17)11-6-7-15-12-5-3-2-4-10(11)12/h2-7,9H,8H2,1H3,(H,16,17). The number of alkyl halides is 1. The largest absolute Gasteiger partial charge is 0.351 e. The van der Waals surface area contributed by atoms with Gasteiger partial charge in [-0.25, -0.2) is 0 Å². The van der Waals surface area contributed by atoms with Gasteiger partial charge in [0, 0.05) is 23.5 Å². The van der Waals surface area contributed by atoms with Gasteiger partial charge in [0.25, 0.3) is 5.91 Å². The van der Waals surface area contributed by atoms with Crippen LogP contribution in [0.3, 0.4) is 0 Å². The van der Waals surface area contributed by atoms with Gasteiger partial charge in [0.15, 0.2) is 0 Å². The van der Waals surface area contributed by atoms with E-state index in [2.05, 4.69) is 10.3 Å². The van der Waals surface area contributed by atoms with Crippen molar-refractivity contribution < 1.29 is 4.79 Å². The Kier molecular flexibility index (Phi) is 3.59. The van der Waals surface area contributed by atoms with Crippen molar-refractivity contribution in [3.05, 3.63) is 42.1 Å². The SMILES string of the molecule is CC(Cl)CNC(=O)c1ccnc2ccccc12. The highest BCUT2D eigenvalue weighted by atomic mass is 35.5. The fourth-order valence-corrected chi connectivity index (χ4v) is 1.70. The van der Waals surface area contributed by atoms with Crippen molar-refractivity contribution in [2.24, 2.45) is 0 Å². The average Bonchev–Trinajstić information content (AvgIpc) is 2.35. The minimum atomic E-state index is -0.115. The monoisotopic (exact) mass is 248 g/mol. The number of fused-ring (bicyclic) bond motifs is 1. The number of para-hydroxylation sites is 1. The van der Waals surface area contributed by atoms with E-state index in [1.807, 2.05) is 31.2 Å². The normalized spacial score (nSPS) is 12.4. The topological polar surface area (TPSA) is 42.0 Å². The number of amides is 1. The molecular formula is C13H13ClN2O.